The van der Waals surface area contributed by atoms with Gasteiger partial charge in [0, 0.05) is 19.1 Å². The first-order chi connectivity index (χ1) is 13.7. The Hall–Kier alpha value is -2.17. The standard InChI is InChI=1S/C24H33NO3/c1-3-25(4-2)17-19-28-24(26)20-27-18-11-16-23(21-12-7-5-8-13-21)22-14-9-6-10-15-22/h5-10,12-15,23H,3-4,11,16-20H2,1-2H3. The van der Waals surface area contributed by atoms with Crippen LogP contribution in [-0.4, -0.2) is 50.3 Å². The Balaban J connectivity index is 1.71. The summed E-state index contributed by atoms with van der Waals surface area (Å²) < 4.78 is 10.8. The zero-order chi connectivity index (χ0) is 20.0. The Morgan fingerprint density at radius 3 is 2.00 bits per heavy atom. The van der Waals surface area contributed by atoms with Gasteiger partial charge in [0.05, 0.1) is 0 Å². The molecule has 152 valence electrons. The molecule has 0 aromatic heterocycles. The molecular formula is C24H33NO3. The van der Waals surface area contributed by atoms with Crippen molar-refractivity contribution < 1.29 is 14.3 Å². The summed E-state index contributed by atoms with van der Waals surface area (Å²) in [6.45, 7) is 7.92. The van der Waals surface area contributed by atoms with E-state index < -0.39 is 0 Å². The number of nitrogens with zero attached hydrogens (tertiary/aromatic N) is 1. The Kier molecular flexibility index (Phi) is 10.3. The third-order valence-electron chi connectivity index (χ3n) is 4.97. The van der Waals surface area contributed by atoms with Gasteiger partial charge in [-0.25, -0.2) is 4.79 Å². The van der Waals surface area contributed by atoms with Crippen LogP contribution in [0.5, 0.6) is 0 Å². The average molecular weight is 384 g/mol. The lowest BCUT2D eigenvalue weighted by atomic mass is 9.88. The monoisotopic (exact) mass is 383 g/mol. The van der Waals surface area contributed by atoms with E-state index >= 15 is 0 Å². The predicted molar refractivity (Wildman–Crippen MR) is 114 cm³/mol. The van der Waals surface area contributed by atoms with Gasteiger partial charge in [0.15, 0.2) is 0 Å². The third-order valence-corrected chi connectivity index (χ3v) is 4.97. The lowest BCUT2D eigenvalue weighted by Crippen LogP contribution is -2.28. The Morgan fingerprint density at radius 1 is 0.893 bits per heavy atom. The maximum absolute atomic E-state index is 11.8. The number of benzene rings is 2. The summed E-state index contributed by atoms with van der Waals surface area (Å²) in [7, 11) is 0. The molecule has 0 N–H and O–H groups in total. The highest BCUT2D eigenvalue weighted by molar-refractivity contribution is 5.70. The topological polar surface area (TPSA) is 38.8 Å². The van der Waals surface area contributed by atoms with E-state index in [1.165, 1.54) is 11.1 Å². The second-order valence-corrected chi connectivity index (χ2v) is 6.82. The molecule has 0 radical (unpaired) electrons. The first-order valence-corrected chi connectivity index (χ1v) is 10.3. The summed E-state index contributed by atoms with van der Waals surface area (Å²) in [5.41, 5.74) is 2.62. The molecule has 28 heavy (non-hydrogen) atoms. The van der Waals surface area contributed by atoms with E-state index in [9.17, 15) is 4.79 Å². The van der Waals surface area contributed by atoms with E-state index in [2.05, 4.69) is 67.3 Å². The SMILES string of the molecule is CCN(CC)CCOC(=O)COCCCC(c1ccccc1)c1ccccc1. The molecule has 0 fully saturated rings. The van der Waals surface area contributed by atoms with Crippen LogP contribution in [0, 0.1) is 0 Å². The van der Waals surface area contributed by atoms with Crippen LogP contribution in [-0.2, 0) is 14.3 Å². The molecule has 0 aliphatic rings. The number of carbonyl (C=O) groups excluding carboxylic acids is 1. The van der Waals surface area contributed by atoms with Crippen LogP contribution in [0.2, 0.25) is 0 Å². The summed E-state index contributed by atoms with van der Waals surface area (Å²) in [6, 6.07) is 21.1. The Labute approximate surface area is 169 Å². The van der Waals surface area contributed by atoms with Crippen LogP contribution in [0.25, 0.3) is 0 Å². The molecule has 4 nitrogen and oxygen atoms in total. The first kappa shape index (κ1) is 22.1. The molecule has 2 rings (SSSR count). The van der Waals surface area contributed by atoms with Crippen molar-refractivity contribution in [2.24, 2.45) is 0 Å². The van der Waals surface area contributed by atoms with Crippen LogP contribution in [0.3, 0.4) is 0 Å². The molecule has 2 aromatic carbocycles. The molecular weight excluding hydrogens is 350 g/mol. The third kappa shape index (κ3) is 7.83. The van der Waals surface area contributed by atoms with Crippen molar-refractivity contribution in [2.45, 2.75) is 32.6 Å². The van der Waals surface area contributed by atoms with Gasteiger partial charge < -0.3 is 14.4 Å². The second kappa shape index (κ2) is 13.1. The van der Waals surface area contributed by atoms with Crippen LogP contribution >= 0.6 is 0 Å². The van der Waals surface area contributed by atoms with Gasteiger partial charge in [0.25, 0.3) is 0 Å². The van der Waals surface area contributed by atoms with Gasteiger partial charge in [-0.05, 0) is 37.1 Å². The smallest absolute Gasteiger partial charge is 0.332 e. The zero-order valence-corrected chi connectivity index (χ0v) is 17.2. The molecule has 2 aromatic rings. The van der Waals surface area contributed by atoms with Gasteiger partial charge in [-0.15, -0.1) is 0 Å². The molecule has 0 amide bonds. The van der Waals surface area contributed by atoms with Crippen LogP contribution in [0.4, 0.5) is 0 Å². The fraction of sp³-hybridized carbons (Fsp3) is 0.458. The lowest BCUT2D eigenvalue weighted by Gasteiger charge is -2.18. The maximum atomic E-state index is 11.8. The van der Waals surface area contributed by atoms with E-state index in [1.807, 2.05) is 12.1 Å². The highest BCUT2D eigenvalue weighted by Gasteiger charge is 2.13. The van der Waals surface area contributed by atoms with Crippen molar-refractivity contribution in [2.75, 3.05) is 39.5 Å². The summed E-state index contributed by atoms with van der Waals surface area (Å²) in [5.74, 6) is 0.0573. The summed E-state index contributed by atoms with van der Waals surface area (Å²) >= 11 is 0. The molecule has 0 spiro atoms. The predicted octanol–water partition coefficient (Wildman–Crippen LogP) is 4.50. The van der Waals surface area contributed by atoms with Gasteiger partial charge in [0.1, 0.15) is 13.2 Å². The van der Waals surface area contributed by atoms with Crippen LogP contribution in [0.15, 0.2) is 60.7 Å². The zero-order valence-electron chi connectivity index (χ0n) is 17.2. The van der Waals surface area contributed by atoms with Crippen molar-refractivity contribution in [1.29, 1.82) is 0 Å². The molecule has 0 aliphatic heterocycles. The van der Waals surface area contributed by atoms with Gasteiger partial charge in [-0.2, -0.15) is 0 Å². The number of ether oxygens (including phenoxy) is 2. The van der Waals surface area contributed by atoms with Crippen molar-refractivity contribution in [3.05, 3.63) is 71.8 Å². The van der Waals surface area contributed by atoms with Crippen molar-refractivity contribution in [1.82, 2.24) is 4.90 Å². The molecule has 0 heterocycles. The van der Waals surface area contributed by atoms with Gasteiger partial charge in [-0.3, -0.25) is 0 Å². The number of rotatable bonds is 13. The Bertz CT molecular complexity index is 617. The quantitative estimate of drug-likeness (QED) is 0.377. The number of hydrogen-bond acceptors (Lipinski definition) is 4. The first-order valence-electron chi connectivity index (χ1n) is 10.3. The highest BCUT2D eigenvalue weighted by atomic mass is 16.6. The summed E-state index contributed by atoms with van der Waals surface area (Å²) in [6.07, 6.45) is 1.87. The molecule has 0 saturated carbocycles. The van der Waals surface area contributed by atoms with E-state index in [1.54, 1.807) is 0 Å². The van der Waals surface area contributed by atoms with E-state index in [0.29, 0.717) is 19.1 Å². The molecule has 0 bridgehead atoms. The molecule has 0 atom stereocenters. The van der Waals surface area contributed by atoms with Crippen molar-refractivity contribution in [3.63, 3.8) is 0 Å². The minimum absolute atomic E-state index is 0.0274. The van der Waals surface area contributed by atoms with Crippen LogP contribution in [0.1, 0.15) is 43.7 Å². The second-order valence-electron chi connectivity index (χ2n) is 6.82. The normalized spacial score (nSPS) is 11.1. The largest absolute Gasteiger partial charge is 0.463 e. The minimum atomic E-state index is -0.283. The number of likely N-dealkylation sites (N-methyl/N-ethyl adjacent to an activating group) is 1. The number of esters is 1. The highest BCUT2D eigenvalue weighted by Crippen LogP contribution is 2.28. The van der Waals surface area contributed by atoms with Crippen LogP contribution < -0.4 is 0 Å². The van der Waals surface area contributed by atoms with E-state index in [4.69, 9.17) is 9.47 Å². The molecule has 4 heteroatoms. The average Bonchev–Trinajstić information content (AvgIpc) is 2.75. The lowest BCUT2D eigenvalue weighted by molar-refractivity contribution is -0.149. The molecule has 0 aliphatic carbocycles. The minimum Gasteiger partial charge on any atom is -0.463 e. The van der Waals surface area contributed by atoms with Gasteiger partial charge >= 0.3 is 5.97 Å². The summed E-state index contributed by atoms with van der Waals surface area (Å²) in [5, 5.41) is 0. The van der Waals surface area contributed by atoms with E-state index in [-0.39, 0.29) is 12.6 Å². The van der Waals surface area contributed by atoms with E-state index in [0.717, 1.165) is 32.5 Å². The maximum Gasteiger partial charge on any atom is 0.332 e. The molecule has 0 unspecified atom stereocenters. The summed E-state index contributed by atoms with van der Waals surface area (Å²) in [4.78, 5) is 14.0. The van der Waals surface area contributed by atoms with Crippen molar-refractivity contribution >= 4 is 5.97 Å². The fourth-order valence-electron chi connectivity index (χ4n) is 3.31. The fourth-order valence-corrected chi connectivity index (χ4v) is 3.31. The number of hydrogen-bond donors (Lipinski definition) is 0. The number of carbonyl (C=O) groups is 1. The van der Waals surface area contributed by atoms with Gasteiger partial charge in [-0.1, -0.05) is 74.5 Å². The van der Waals surface area contributed by atoms with Gasteiger partial charge in [0.2, 0.25) is 0 Å². The Morgan fingerprint density at radius 2 is 1.46 bits per heavy atom. The van der Waals surface area contributed by atoms with Crippen molar-refractivity contribution in [3.8, 4) is 0 Å². The molecule has 0 saturated heterocycles.